The van der Waals surface area contributed by atoms with Crippen LogP contribution in [0.1, 0.15) is 11.1 Å². The van der Waals surface area contributed by atoms with Gasteiger partial charge in [0, 0.05) is 5.56 Å². The van der Waals surface area contributed by atoms with Crippen LogP contribution in [0.4, 0.5) is 0 Å². The maximum absolute atomic E-state index is 12.5. The number of hydrogen-bond acceptors (Lipinski definition) is 4. The number of rotatable bonds is 3. The van der Waals surface area contributed by atoms with Gasteiger partial charge in [-0.1, -0.05) is 30.3 Å². The van der Waals surface area contributed by atoms with Crippen LogP contribution in [-0.2, 0) is 16.6 Å². The van der Waals surface area contributed by atoms with Crippen LogP contribution in [-0.4, -0.2) is 26.2 Å². The molecule has 0 atom stereocenters. The third kappa shape index (κ3) is 2.50. The number of nitrogens with zero attached hydrogens (tertiary/aromatic N) is 2. The molecule has 2 aromatic carbocycles. The van der Waals surface area contributed by atoms with Crippen LogP contribution >= 0.6 is 0 Å². The minimum absolute atomic E-state index is 0.171. The third-order valence-electron chi connectivity index (χ3n) is 3.25. The van der Waals surface area contributed by atoms with E-state index in [4.69, 9.17) is 4.74 Å². The van der Waals surface area contributed by atoms with E-state index < -0.39 is 10.0 Å². The van der Waals surface area contributed by atoms with Crippen molar-refractivity contribution in [3.05, 3.63) is 59.7 Å². The van der Waals surface area contributed by atoms with E-state index in [1.54, 1.807) is 43.7 Å². The van der Waals surface area contributed by atoms with Crippen LogP contribution in [0.2, 0.25) is 0 Å². The summed E-state index contributed by atoms with van der Waals surface area (Å²) in [6.45, 7) is 0.171. The third-order valence-corrected chi connectivity index (χ3v) is 4.96. The molecule has 5 nitrogen and oxygen atoms in total. The van der Waals surface area contributed by atoms with E-state index in [-0.39, 0.29) is 11.4 Å². The highest BCUT2D eigenvalue weighted by Gasteiger charge is 2.28. The predicted molar refractivity (Wildman–Crippen MR) is 79.8 cm³/mol. The van der Waals surface area contributed by atoms with Gasteiger partial charge in [0.1, 0.15) is 5.75 Å². The lowest BCUT2D eigenvalue weighted by molar-refractivity contribution is 0.407. The zero-order chi connectivity index (χ0) is 14.9. The Morgan fingerprint density at radius 1 is 1.14 bits per heavy atom. The maximum atomic E-state index is 12.5. The molecule has 108 valence electrons. The van der Waals surface area contributed by atoms with E-state index >= 15 is 0 Å². The van der Waals surface area contributed by atoms with Crippen molar-refractivity contribution in [1.29, 1.82) is 0 Å². The summed E-state index contributed by atoms with van der Waals surface area (Å²) >= 11 is 0. The van der Waals surface area contributed by atoms with Gasteiger partial charge in [-0.2, -0.15) is 17.9 Å². The van der Waals surface area contributed by atoms with Crippen LogP contribution < -0.4 is 4.74 Å². The average Bonchev–Trinajstić information content (AvgIpc) is 2.51. The molecule has 0 saturated heterocycles. The highest BCUT2D eigenvalue weighted by molar-refractivity contribution is 7.89. The molecule has 0 aromatic heterocycles. The fraction of sp³-hybridized carbons (Fsp3) is 0.133. The first kappa shape index (κ1) is 13.6. The number of benzene rings is 2. The van der Waals surface area contributed by atoms with Crippen molar-refractivity contribution in [1.82, 2.24) is 4.41 Å². The van der Waals surface area contributed by atoms with Crippen molar-refractivity contribution in [3.63, 3.8) is 0 Å². The number of ether oxygens (including phenoxy) is 1. The summed E-state index contributed by atoms with van der Waals surface area (Å²) in [5.41, 5.74) is 1.42. The highest BCUT2D eigenvalue weighted by atomic mass is 32.2. The van der Waals surface area contributed by atoms with Gasteiger partial charge >= 0.3 is 0 Å². The van der Waals surface area contributed by atoms with Gasteiger partial charge in [-0.3, -0.25) is 0 Å². The summed E-state index contributed by atoms with van der Waals surface area (Å²) in [7, 11) is -2.03. The molecule has 6 heteroatoms. The SMILES string of the molecule is COc1cccc(CN2N=Cc3ccccc3S2(=O)=O)c1. The van der Waals surface area contributed by atoms with E-state index in [2.05, 4.69) is 5.10 Å². The van der Waals surface area contributed by atoms with E-state index in [0.717, 1.165) is 9.98 Å². The average molecular weight is 302 g/mol. The molecular weight excluding hydrogens is 288 g/mol. The molecule has 0 unspecified atom stereocenters. The summed E-state index contributed by atoms with van der Waals surface area (Å²) in [6, 6.07) is 14.1. The number of hydrazone groups is 1. The van der Waals surface area contributed by atoms with Crippen LogP contribution in [0, 0.1) is 0 Å². The normalized spacial score (nSPS) is 15.6. The largest absolute Gasteiger partial charge is 0.497 e. The Morgan fingerprint density at radius 2 is 1.95 bits per heavy atom. The fourth-order valence-corrected chi connectivity index (χ4v) is 3.56. The van der Waals surface area contributed by atoms with Gasteiger partial charge in [0.2, 0.25) is 0 Å². The lowest BCUT2D eigenvalue weighted by atomic mass is 10.2. The molecule has 0 amide bonds. The minimum Gasteiger partial charge on any atom is -0.497 e. The number of fused-ring (bicyclic) bond motifs is 1. The monoisotopic (exact) mass is 302 g/mol. The smallest absolute Gasteiger partial charge is 0.279 e. The first-order valence-electron chi connectivity index (χ1n) is 6.40. The second-order valence-corrected chi connectivity index (χ2v) is 6.43. The van der Waals surface area contributed by atoms with E-state index in [0.29, 0.717) is 11.3 Å². The Labute approximate surface area is 123 Å². The molecule has 1 heterocycles. The number of sulfonamides is 1. The van der Waals surface area contributed by atoms with Gasteiger partial charge < -0.3 is 4.74 Å². The van der Waals surface area contributed by atoms with Crippen molar-refractivity contribution in [2.75, 3.05) is 7.11 Å². The molecule has 1 aliphatic heterocycles. The van der Waals surface area contributed by atoms with Gasteiger partial charge in [0.15, 0.2) is 0 Å². The molecule has 0 spiro atoms. The molecule has 0 bridgehead atoms. The Balaban J connectivity index is 1.94. The molecule has 21 heavy (non-hydrogen) atoms. The van der Waals surface area contributed by atoms with E-state index in [9.17, 15) is 8.42 Å². The van der Waals surface area contributed by atoms with Crippen molar-refractivity contribution in [2.45, 2.75) is 11.4 Å². The van der Waals surface area contributed by atoms with Crippen LogP contribution in [0.15, 0.2) is 58.5 Å². The standard InChI is InChI=1S/C15H14N2O3S/c1-20-14-7-4-5-12(9-14)11-17-16-10-13-6-2-3-8-15(13)21(17,18)19/h2-10H,11H2,1H3. The fourth-order valence-electron chi connectivity index (χ4n) is 2.18. The Morgan fingerprint density at radius 3 is 2.76 bits per heavy atom. The van der Waals surface area contributed by atoms with Crippen LogP contribution in [0.5, 0.6) is 5.75 Å². The van der Waals surface area contributed by atoms with Crippen LogP contribution in [0.25, 0.3) is 0 Å². The molecule has 0 aliphatic carbocycles. The summed E-state index contributed by atoms with van der Waals surface area (Å²) in [4.78, 5) is 0.280. The molecule has 0 N–H and O–H groups in total. The molecule has 0 saturated carbocycles. The summed E-state index contributed by atoms with van der Waals surface area (Å²) in [5, 5.41) is 4.05. The topological polar surface area (TPSA) is 59.0 Å². The second-order valence-electron chi connectivity index (χ2n) is 4.62. The quantitative estimate of drug-likeness (QED) is 0.873. The zero-order valence-electron chi connectivity index (χ0n) is 11.4. The molecule has 0 fully saturated rings. The lowest BCUT2D eigenvalue weighted by Crippen LogP contribution is -2.29. The van der Waals surface area contributed by atoms with Gasteiger partial charge in [-0.15, -0.1) is 0 Å². The summed E-state index contributed by atoms with van der Waals surface area (Å²) in [5.74, 6) is 0.686. The Kier molecular flexibility index (Phi) is 3.39. The molecular formula is C15H14N2O3S. The van der Waals surface area contributed by atoms with Crippen LogP contribution in [0.3, 0.4) is 0 Å². The number of methoxy groups -OCH3 is 1. The number of hydrogen-bond donors (Lipinski definition) is 0. The first-order valence-corrected chi connectivity index (χ1v) is 7.84. The van der Waals surface area contributed by atoms with Crippen molar-refractivity contribution in [2.24, 2.45) is 5.10 Å². The van der Waals surface area contributed by atoms with Crippen molar-refractivity contribution >= 4 is 16.2 Å². The van der Waals surface area contributed by atoms with E-state index in [1.165, 1.54) is 0 Å². The van der Waals surface area contributed by atoms with Gasteiger partial charge in [-0.25, -0.2) is 0 Å². The molecule has 0 radical (unpaired) electrons. The summed E-state index contributed by atoms with van der Waals surface area (Å²) < 4.78 is 31.3. The minimum atomic E-state index is -3.61. The highest BCUT2D eigenvalue weighted by Crippen LogP contribution is 2.25. The Bertz CT molecular complexity index is 800. The second kappa shape index (κ2) is 5.21. The first-order chi connectivity index (χ1) is 10.1. The van der Waals surface area contributed by atoms with Crippen molar-refractivity contribution in [3.8, 4) is 5.75 Å². The zero-order valence-corrected chi connectivity index (χ0v) is 12.2. The summed E-state index contributed by atoms with van der Waals surface area (Å²) in [6.07, 6.45) is 1.57. The van der Waals surface area contributed by atoms with Gasteiger partial charge in [0.25, 0.3) is 10.0 Å². The maximum Gasteiger partial charge on any atom is 0.279 e. The molecule has 2 aromatic rings. The Hall–Kier alpha value is -2.34. The molecule has 3 rings (SSSR count). The molecule has 1 aliphatic rings. The van der Waals surface area contributed by atoms with E-state index in [1.807, 2.05) is 18.2 Å². The lowest BCUT2D eigenvalue weighted by Gasteiger charge is -2.23. The predicted octanol–water partition coefficient (Wildman–Crippen LogP) is 2.23. The van der Waals surface area contributed by atoms with Gasteiger partial charge in [-0.05, 0) is 23.8 Å². The van der Waals surface area contributed by atoms with Gasteiger partial charge in [0.05, 0.1) is 24.8 Å². The van der Waals surface area contributed by atoms with Crippen molar-refractivity contribution < 1.29 is 13.2 Å².